The van der Waals surface area contributed by atoms with Crippen molar-refractivity contribution in [2.45, 2.75) is 0 Å². The van der Waals surface area contributed by atoms with E-state index in [1.807, 2.05) is 60.7 Å². The molecule has 2 N–H and O–H groups in total. The smallest absolute Gasteiger partial charge is 0.144 e. The molecule has 0 saturated heterocycles. The minimum Gasteiger partial charge on any atom is -0.340 e. The summed E-state index contributed by atoms with van der Waals surface area (Å²) in [6.07, 6.45) is 1.59. The lowest BCUT2D eigenvalue weighted by Gasteiger charge is -2.10. The highest BCUT2D eigenvalue weighted by atomic mass is 79.9. The summed E-state index contributed by atoms with van der Waals surface area (Å²) in [4.78, 5) is 12.6. The zero-order chi connectivity index (χ0) is 19.6. The molecule has 0 radical (unpaired) electrons. The zero-order valence-electron chi connectivity index (χ0n) is 15.4. The average molecular weight is 441 g/mol. The molecule has 0 unspecified atom stereocenters. The van der Waals surface area contributed by atoms with E-state index in [1.54, 1.807) is 6.33 Å². The second-order valence-corrected chi connectivity index (χ2v) is 7.60. The summed E-state index contributed by atoms with van der Waals surface area (Å²) in [6.45, 7) is 0. The monoisotopic (exact) mass is 440 g/mol. The van der Waals surface area contributed by atoms with Gasteiger partial charge in [0.25, 0.3) is 0 Å². The number of halogens is 1. The Kier molecular flexibility index (Phi) is 4.58. The van der Waals surface area contributed by atoms with E-state index in [0.717, 1.165) is 49.4 Å². The summed E-state index contributed by atoms with van der Waals surface area (Å²) >= 11 is 3.53. The van der Waals surface area contributed by atoms with Crippen molar-refractivity contribution in [3.63, 3.8) is 0 Å². The number of fused-ring (bicyclic) bond motifs is 1. The maximum atomic E-state index is 4.57. The van der Waals surface area contributed by atoms with Gasteiger partial charge in [0.2, 0.25) is 0 Å². The van der Waals surface area contributed by atoms with Gasteiger partial charge in [-0.1, -0.05) is 82.7 Å². The minimum atomic E-state index is 0.769. The van der Waals surface area contributed by atoms with E-state index in [9.17, 15) is 0 Å². The first-order chi connectivity index (χ1) is 14.3. The zero-order valence-corrected chi connectivity index (χ0v) is 17.0. The maximum Gasteiger partial charge on any atom is 0.144 e. The molecule has 0 atom stereocenters. The average Bonchev–Trinajstić information content (AvgIpc) is 3.16. The van der Waals surface area contributed by atoms with Crippen molar-refractivity contribution in [2.75, 3.05) is 5.32 Å². The van der Waals surface area contributed by atoms with Gasteiger partial charge in [-0.15, -0.1) is 0 Å². The van der Waals surface area contributed by atoms with Crippen LogP contribution in [0.1, 0.15) is 0 Å². The van der Waals surface area contributed by atoms with Gasteiger partial charge in [-0.3, -0.25) is 0 Å². The van der Waals surface area contributed by atoms with Crippen LogP contribution in [-0.4, -0.2) is 15.0 Å². The molecule has 140 valence electrons. The molecule has 4 nitrogen and oxygen atoms in total. The molecule has 0 amide bonds. The van der Waals surface area contributed by atoms with Crippen molar-refractivity contribution in [1.29, 1.82) is 0 Å². The van der Waals surface area contributed by atoms with Crippen LogP contribution in [0.15, 0.2) is 95.7 Å². The van der Waals surface area contributed by atoms with Crippen LogP contribution in [0.25, 0.3) is 33.4 Å². The highest BCUT2D eigenvalue weighted by Gasteiger charge is 2.19. The molecule has 0 spiro atoms. The second kappa shape index (κ2) is 7.53. The summed E-state index contributed by atoms with van der Waals surface area (Å²) in [6, 6.07) is 28.7. The van der Waals surface area contributed by atoms with Crippen LogP contribution in [0.4, 0.5) is 11.5 Å². The Morgan fingerprint density at radius 3 is 2.21 bits per heavy atom. The molecular weight excluding hydrogens is 424 g/mol. The number of benzene rings is 3. The fourth-order valence-electron chi connectivity index (χ4n) is 3.54. The predicted molar refractivity (Wildman–Crippen MR) is 122 cm³/mol. The molecule has 0 aliphatic rings. The number of hydrogen-bond donors (Lipinski definition) is 2. The van der Waals surface area contributed by atoms with Crippen molar-refractivity contribution < 1.29 is 0 Å². The van der Waals surface area contributed by atoms with Crippen molar-refractivity contribution in [1.82, 2.24) is 15.0 Å². The molecule has 3 aromatic carbocycles. The van der Waals surface area contributed by atoms with Crippen LogP contribution in [0.2, 0.25) is 0 Å². The molecule has 5 rings (SSSR count). The summed E-state index contributed by atoms with van der Waals surface area (Å²) in [5.74, 6) is 0.769. The third kappa shape index (κ3) is 3.41. The van der Waals surface area contributed by atoms with Crippen LogP contribution >= 0.6 is 15.9 Å². The van der Waals surface area contributed by atoms with E-state index in [-0.39, 0.29) is 0 Å². The van der Waals surface area contributed by atoms with Crippen molar-refractivity contribution in [3.8, 4) is 22.4 Å². The maximum absolute atomic E-state index is 4.57. The van der Waals surface area contributed by atoms with E-state index < -0.39 is 0 Å². The first-order valence-corrected chi connectivity index (χ1v) is 10.1. The molecule has 0 fully saturated rings. The van der Waals surface area contributed by atoms with Gasteiger partial charge < -0.3 is 10.3 Å². The fourth-order valence-corrected chi connectivity index (χ4v) is 3.93. The normalized spacial score (nSPS) is 10.9. The van der Waals surface area contributed by atoms with Crippen LogP contribution in [0.3, 0.4) is 0 Å². The Hall–Kier alpha value is -3.44. The number of rotatable bonds is 4. The van der Waals surface area contributed by atoms with E-state index >= 15 is 0 Å². The highest BCUT2D eigenvalue weighted by Crippen LogP contribution is 2.40. The molecule has 2 heterocycles. The number of hydrogen-bond acceptors (Lipinski definition) is 3. The largest absolute Gasteiger partial charge is 0.340 e. The lowest BCUT2D eigenvalue weighted by atomic mass is 9.99. The fraction of sp³-hybridized carbons (Fsp3) is 0. The topological polar surface area (TPSA) is 53.6 Å². The quantitative estimate of drug-likeness (QED) is 0.323. The molecular formula is C24H17BrN4. The van der Waals surface area contributed by atoms with Crippen molar-refractivity contribution in [2.24, 2.45) is 0 Å². The predicted octanol–water partition coefficient (Wildman–Crippen LogP) is 6.80. The Balaban J connectivity index is 1.77. The Labute approximate surface area is 176 Å². The lowest BCUT2D eigenvalue weighted by Crippen LogP contribution is -1.95. The SMILES string of the molecule is Brc1cccc(Nc2ncnc3[nH]c(-c4ccccc4)c(-c4ccccc4)c23)c1. The number of H-pyrrole nitrogens is 1. The first-order valence-electron chi connectivity index (χ1n) is 9.30. The van der Waals surface area contributed by atoms with E-state index in [0.29, 0.717) is 0 Å². The molecule has 5 heteroatoms. The highest BCUT2D eigenvalue weighted by molar-refractivity contribution is 9.10. The number of anilines is 2. The molecule has 0 aliphatic carbocycles. The molecule has 0 saturated carbocycles. The van der Waals surface area contributed by atoms with Gasteiger partial charge in [0.1, 0.15) is 17.8 Å². The van der Waals surface area contributed by atoms with Crippen LogP contribution in [0.5, 0.6) is 0 Å². The van der Waals surface area contributed by atoms with Gasteiger partial charge in [0.05, 0.1) is 11.1 Å². The third-order valence-electron chi connectivity index (χ3n) is 4.80. The Bertz CT molecular complexity index is 1280. The molecule has 2 aromatic heterocycles. The van der Waals surface area contributed by atoms with Crippen LogP contribution in [0, 0.1) is 0 Å². The summed E-state index contributed by atoms with van der Waals surface area (Å²) in [5.41, 5.74) is 6.10. The first kappa shape index (κ1) is 17.6. The summed E-state index contributed by atoms with van der Waals surface area (Å²) in [7, 11) is 0. The van der Waals surface area contributed by atoms with Crippen LogP contribution < -0.4 is 5.32 Å². The molecule has 29 heavy (non-hydrogen) atoms. The lowest BCUT2D eigenvalue weighted by molar-refractivity contribution is 1.20. The third-order valence-corrected chi connectivity index (χ3v) is 5.30. The Morgan fingerprint density at radius 1 is 0.759 bits per heavy atom. The molecule has 5 aromatic rings. The van der Waals surface area contributed by atoms with Gasteiger partial charge in [-0.2, -0.15) is 0 Å². The molecule has 0 aliphatic heterocycles. The number of aromatic nitrogens is 3. The minimum absolute atomic E-state index is 0.769. The number of nitrogens with one attached hydrogen (secondary N) is 2. The van der Waals surface area contributed by atoms with Gasteiger partial charge in [0, 0.05) is 15.7 Å². The summed E-state index contributed by atoms with van der Waals surface area (Å²) < 4.78 is 1.01. The number of aromatic amines is 1. The van der Waals surface area contributed by atoms with E-state index in [1.165, 1.54) is 0 Å². The summed E-state index contributed by atoms with van der Waals surface area (Å²) in [5, 5.41) is 4.43. The van der Waals surface area contributed by atoms with Gasteiger partial charge in [-0.25, -0.2) is 9.97 Å². The molecule has 0 bridgehead atoms. The van der Waals surface area contributed by atoms with Gasteiger partial charge in [0.15, 0.2) is 0 Å². The second-order valence-electron chi connectivity index (χ2n) is 6.69. The van der Waals surface area contributed by atoms with Crippen LogP contribution in [-0.2, 0) is 0 Å². The van der Waals surface area contributed by atoms with E-state index in [4.69, 9.17) is 0 Å². The van der Waals surface area contributed by atoms with Crippen molar-refractivity contribution in [3.05, 3.63) is 95.7 Å². The number of nitrogens with zero attached hydrogens (tertiary/aromatic N) is 2. The van der Waals surface area contributed by atoms with E-state index in [2.05, 4.69) is 60.5 Å². The van der Waals surface area contributed by atoms with Gasteiger partial charge >= 0.3 is 0 Å². The van der Waals surface area contributed by atoms with Gasteiger partial charge in [-0.05, 0) is 29.3 Å². The van der Waals surface area contributed by atoms with Crippen molar-refractivity contribution >= 4 is 38.5 Å². The standard InChI is InChI=1S/C24H17BrN4/c25-18-12-7-13-19(14-18)28-23-21-20(16-8-3-1-4-9-16)22(17-10-5-2-6-11-17)29-24(21)27-15-26-23/h1-15H,(H2,26,27,28,29). The Morgan fingerprint density at radius 2 is 1.48 bits per heavy atom.